The Bertz CT molecular complexity index is 882. The molecule has 3 rings (SSSR count). The highest BCUT2D eigenvalue weighted by atomic mass is 32.2. The molecule has 140 valence electrons. The van der Waals surface area contributed by atoms with E-state index in [0.717, 1.165) is 18.8 Å². The summed E-state index contributed by atoms with van der Waals surface area (Å²) in [6.07, 6.45) is 2.33. The lowest BCUT2D eigenvalue weighted by Crippen LogP contribution is -2.33. The third kappa shape index (κ3) is 4.05. The van der Waals surface area contributed by atoms with Gasteiger partial charge in [-0.05, 0) is 44.9 Å². The summed E-state index contributed by atoms with van der Waals surface area (Å²) in [5, 5.41) is 6.35. The number of aryl methyl sites for hydroxylation is 2. The van der Waals surface area contributed by atoms with Gasteiger partial charge in [0.15, 0.2) is 5.76 Å². The Morgan fingerprint density at radius 2 is 2.00 bits per heavy atom. The van der Waals surface area contributed by atoms with Crippen LogP contribution >= 0.6 is 0 Å². The molecule has 0 radical (unpaired) electrons. The van der Waals surface area contributed by atoms with Gasteiger partial charge in [-0.3, -0.25) is 4.79 Å². The van der Waals surface area contributed by atoms with Crippen molar-refractivity contribution in [2.24, 2.45) is 0 Å². The van der Waals surface area contributed by atoms with Crippen molar-refractivity contribution in [1.29, 1.82) is 0 Å². The molecule has 9 heteroatoms. The Hall–Kier alpha value is -2.39. The molecule has 0 atom stereocenters. The number of benzene rings is 1. The van der Waals surface area contributed by atoms with Gasteiger partial charge in [0.05, 0.1) is 6.54 Å². The summed E-state index contributed by atoms with van der Waals surface area (Å²) in [6, 6.07) is 7.55. The molecule has 0 saturated carbocycles. The smallest absolute Gasteiger partial charge is 0.246 e. The van der Waals surface area contributed by atoms with Crippen molar-refractivity contribution >= 4 is 27.3 Å². The Balaban J connectivity index is 1.62. The van der Waals surface area contributed by atoms with Crippen molar-refractivity contribution in [1.82, 2.24) is 9.88 Å². The fourth-order valence-electron chi connectivity index (χ4n) is 3.05. The molecule has 0 spiro atoms. The minimum Gasteiger partial charge on any atom is -0.371 e. The highest BCUT2D eigenvalue weighted by Gasteiger charge is 2.24. The van der Waals surface area contributed by atoms with Crippen molar-refractivity contribution in [2.45, 2.75) is 31.6 Å². The molecule has 1 aromatic carbocycles. The molecule has 8 nitrogen and oxygen atoms in total. The zero-order valence-corrected chi connectivity index (χ0v) is 15.6. The van der Waals surface area contributed by atoms with E-state index in [1.807, 2.05) is 18.2 Å². The summed E-state index contributed by atoms with van der Waals surface area (Å²) in [5.41, 5.74) is 1.95. The lowest BCUT2D eigenvalue weighted by atomic mass is 10.2. The second-order valence-corrected chi connectivity index (χ2v) is 7.97. The molecule has 0 bridgehead atoms. The maximum atomic E-state index is 12.3. The first kappa shape index (κ1) is 18.4. The highest BCUT2D eigenvalue weighted by Crippen LogP contribution is 2.23. The van der Waals surface area contributed by atoms with Crippen LogP contribution in [0.3, 0.4) is 0 Å². The van der Waals surface area contributed by atoms with Gasteiger partial charge in [0.2, 0.25) is 15.9 Å². The third-order valence-electron chi connectivity index (χ3n) is 4.26. The molecule has 1 aliphatic rings. The van der Waals surface area contributed by atoms with Gasteiger partial charge in [0, 0.05) is 24.5 Å². The Morgan fingerprint density at radius 1 is 1.27 bits per heavy atom. The predicted octanol–water partition coefficient (Wildman–Crippen LogP) is 1.81. The van der Waals surface area contributed by atoms with Crippen molar-refractivity contribution in [2.75, 3.05) is 29.9 Å². The number of hydrogen-bond acceptors (Lipinski definition) is 6. The number of carbonyl (C=O) groups excluding carboxylic acids is 1. The van der Waals surface area contributed by atoms with Crippen molar-refractivity contribution in [3.63, 3.8) is 0 Å². The van der Waals surface area contributed by atoms with Crippen LogP contribution in [-0.4, -0.2) is 39.1 Å². The molecule has 1 saturated heterocycles. The lowest BCUT2D eigenvalue weighted by Gasteiger charge is -2.18. The van der Waals surface area contributed by atoms with E-state index in [-0.39, 0.29) is 22.9 Å². The van der Waals surface area contributed by atoms with E-state index >= 15 is 0 Å². The fraction of sp³-hybridized carbons (Fsp3) is 0.412. The number of hydrogen-bond donors (Lipinski definition) is 2. The maximum Gasteiger partial charge on any atom is 0.246 e. The Kier molecular flexibility index (Phi) is 5.28. The van der Waals surface area contributed by atoms with Crippen molar-refractivity contribution in [3.05, 3.63) is 35.7 Å². The van der Waals surface area contributed by atoms with Crippen LogP contribution in [0.5, 0.6) is 0 Å². The molecular weight excluding hydrogens is 356 g/mol. The van der Waals surface area contributed by atoms with Gasteiger partial charge < -0.3 is 14.7 Å². The quantitative estimate of drug-likeness (QED) is 0.794. The number of anilines is 2. The van der Waals surface area contributed by atoms with E-state index in [4.69, 9.17) is 4.52 Å². The van der Waals surface area contributed by atoms with Gasteiger partial charge in [-0.25, -0.2) is 13.1 Å². The zero-order valence-electron chi connectivity index (χ0n) is 14.8. The molecular formula is C17H22N4O4S. The summed E-state index contributed by atoms with van der Waals surface area (Å²) >= 11 is 0. The second-order valence-electron chi connectivity index (χ2n) is 6.27. The number of sulfonamides is 1. The maximum absolute atomic E-state index is 12.3. The minimum absolute atomic E-state index is 0.0265. The van der Waals surface area contributed by atoms with E-state index in [1.165, 1.54) is 26.7 Å². The fourth-order valence-corrected chi connectivity index (χ4v) is 4.36. The van der Waals surface area contributed by atoms with Gasteiger partial charge in [-0.1, -0.05) is 11.2 Å². The van der Waals surface area contributed by atoms with E-state index in [2.05, 4.69) is 20.1 Å². The number of amides is 1. The van der Waals surface area contributed by atoms with Crippen LogP contribution in [0.25, 0.3) is 0 Å². The average molecular weight is 378 g/mol. The average Bonchev–Trinajstić information content (AvgIpc) is 3.24. The van der Waals surface area contributed by atoms with Crippen molar-refractivity contribution in [3.8, 4) is 0 Å². The number of nitrogens with zero attached hydrogens (tertiary/aromatic N) is 2. The molecule has 1 fully saturated rings. The topological polar surface area (TPSA) is 105 Å². The van der Waals surface area contributed by atoms with E-state index in [0.29, 0.717) is 5.69 Å². The summed E-state index contributed by atoms with van der Waals surface area (Å²) in [5.74, 6) is -0.257. The Morgan fingerprint density at radius 3 is 2.65 bits per heavy atom. The minimum atomic E-state index is -3.86. The van der Waals surface area contributed by atoms with Crippen LogP contribution in [-0.2, 0) is 14.8 Å². The normalized spacial score (nSPS) is 14.6. The first-order valence-corrected chi connectivity index (χ1v) is 9.92. The largest absolute Gasteiger partial charge is 0.371 e. The van der Waals surface area contributed by atoms with Gasteiger partial charge >= 0.3 is 0 Å². The standard InChI is InChI=1S/C17H22N4O4S/c1-12-17(13(2)25-20-12)26(23,24)18-11-16(22)19-14-6-5-7-15(10-14)21-8-3-4-9-21/h5-7,10,18H,3-4,8-9,11H2,1-2H3,(H,19,22). The molecule has 2 aromatic rings. The van der Waals surface area contributed by atoms with Crippen LogP contribution in [0.4, 0.5) is 11.4 Å². The van der Waals surface area contributed by atoms with Gasteiger partial charge in [0.1, 0.15) is 10.6 Å². The molecule has 2 N–H and O–H groups in total. The molecule has 1 amide bonds. The summed E-state index contributed by atoms with van der Waals surface area (Å²) in [4.78, 5) is 14.4. The van der Waals surface area contributed by atoms with Gasteiger partial charge in [-0.2, -0.15) is 0 Å². The number of carbonyl (C=O) groups is 1. The predicted molar refractivity (Wildman–Crippen MR) is 97.7 cm³/mol. The number of rotatable bonds is 6. The van der Waals surface area contributed by atoms with E-state index < -0.39 is 15.9 Å². The highest BCUT2D eigenvalue weighted by molar-refractivity contribution is 7.89. The number of aromatic nitrogens is 1. The zero-order chi connectivity index (χ0) is 18.7. The van der Waals surface area contributed by atoms with Crippen LogP contribution in [0.15, 0.2) is 33.7 Å². The SMILES string of the molecule is Cc1noc(C)c1S(=O)(=O)NCC(=O)Nc1cccc(N2CCCC2)c1. The lowest BCUT2D eigenvalue weighted by molar-refractivity contribution is -0.115. The molecule has 0 unspecified atom stereocenters. The van der Waals surface area contributed by atoms with Crippen LogP contribution in [0.2, 0.25) is 0 Å². The van der Waals surface area contributed by atoms with Gasteiger partial charge in [-0.15, -0.1) is 0 Å². The second kappa shape index (κ2) is 7.46. The van der Waals surface area contributed by atoms with Crippen LogP contribution in [0, 0.1) is 13.8 Å². The first-order chi connectivity index (χ1) is 12.4. The number of nitrogens with one attached hydrogen (secondary N) is 2. The first-order valence-electron chi connectivity index (χ1n) is 8.44. The molecule has 1 aromatic heterocycles. The van der Waals surface area contributed by atoms with Crippen LogP contribution < -0.4 is 14.9 Å². The monoisotopic (exact) mass is 378 g/mol. The summed E-state index contributed by atoms with van der Waals surface area (Å²) in [6.45, 7) is 4.69. The van der Waals surface area contributed by atoms with E-state index in [1.54, 1.807) is 6.07 Å². The molecule has 1 aliphatic heterocycles. The van der Waals surface area contributed by atoms with E-state index in [9.17, 15) is 13.2 Å². The van der Waals surface area contributed by atoms with Gasteiger partial charge in [0.25, 0.3) is 0 Å². The molecule has 26 heavy (non-hydrogen) atoms. The van der Waals surface area contributed by atoms with Crippen LogP contribution in [0.1, 0.15) is 24.3 Å². The summed E-state index contributed by atoms with van der Waals surface area (Å²) < 4.78 is 31.8. The summed E-state index contributed by atoms with van der Waals surface area (Å²) in [7, 11) is -3.86. The third-order valence-corrected chi connectivity index (χ3v) is 5.91. The van der Waals surface area contributed by atoms with Crippen molar-refractivity contribution < 1.29 is 17.7 Å². The Labute approximate surface area is 152 Å². The molecule has 2 heterocycles. The molecule has 0 aliphatic carbocycles.